The molecule has 0 bridgehead atoms. The van der Waals surface area contributed by atoms with E-state index in [9.17, 15) is 4.79 Å². The van der Waals surface area contributed by atoms with Crippen LogP contribution in [0.5, 0.6) is 0 Å². The van der Waals surface area contributed by atoms with E-state index in [0.29, 0.717) is 15.6 Å². The number of rotatable bonds is 3. The van der Waals surface area contributed by atoms with E-state index in [4.69, 9.17) is 28.3 Å². The first kappa shape index (κ1) is 12.7. The molecule has 0 saturated heterocycles. The molecular formula is C12H10Cl2O2S. The molecule has 0 spiro atoms. The van der Waals surface area contributed by atoms with Gasteiger partial charge in [-0.25, -0.2) is 0 Å². The smallest absolute Gasteiger partial charge is 0.307 e. The zero-order chi connectivity index (χ0) is 12.6. The third-order valence-corrected chi connectivity index (χ3v) is 4.84. The Hall–Kier alpha value is -0.770. The van der Waals surface area contributed by atoms with Gasteiger partial charge in [-0.05, 0) is 29.5 Å². The number of aryl methyl sites for hydroxylation is 1. The zero-order valence-electron chi connectivity index (χ0n) is 9.09. The predicted octanol–water partition coefficient (Wildman–Crippen LogP) is 4.40. The lowest BCUT2D eigenvalue weighted by atomic mass is 10.1. The van der Waals surface area contributed by atoms with Crippen molar-refractivity contribution in [2.24, 2.45) is 0 Å². The standard InChI is InChI=1S/C12H10Cl2O2S/c1-2-8-4-7-3-6(5-9(15)16)10(13)11(14)12(7)17-8/h3-4H,2,5H2,1H3,(H,15,16). The summed E-state index contributed by atoms with van der Waals surface area (Å²) in [6.07, 6.45) is 0.827. The Bertz CT molecular complexity index is 590. The third-order valence-electron chi connectivity index (χ3n) is 2.51. The lowest BCUT2D eigenvalue weighted by Crippen LogP contribution is -2.00. The summed E-state index contributed by atoms with van der Waals surface area (Å²) in [5, 5.41) is 10.6. The Morgan fingerprint density at radius 2 is 2.06 bits per heavy atom. The van der Waals surface area contributed by atoms with Crippen LogP contribution in [0.4, 0.5) is 0 Å². The van der Waals surface area contributed by atoms with Crippen LogP contribution in [-0.2, 0) is 17.6 Å². The van der Waals surface area contributed by atoms with Gasteiger partial charge in [-0.15, -0.1) is 11.3 Å². The molecule has 0 aliphatic rings. The van der Waals surface area contributed by atoms with Crippen molar-refractivity contribution in [2.75, 3.05) is 0 Å². The second-order valence-corrected chi connectivity index (χ2v) is 5.61. The number of carboxylic acid groups (broad SMARTS) is 1. The quantitative estimate of drug-likeness (QED) is 0.909. The molecule has 1 aromatic carbocycles. The largest absolute Gasteiger partial charge is 0.481 e. The van der Waals surface area contributed by atoms with Crippen molar-refractivity contribution in [3.63, 3.8) is 0 Å². The van der Waals surface area contributed by atoms with Gasteiger partial charge in [-0.3, -0.25) is 4.79 Å². The van der Waals surface area contributed by atoms with Crippen LogP contribution in [0.15, 0.2) is 12.1 Å². The van der Waals surface area contributed by atoms with E-state index in [2.05, 4.69) is 6.92 Å². The summed E-state index contributed by atoms with van der Waals surface area (Å²) in [5.41, 5.74) is 0.567. The minimum absolute atomic E-state index is 0.105. The molecule has 0 saturated carbocycles. The minimum Gasteiger partial charge on any atom is -0.481 e. The van der Waals surface area contributed by atoms with Crippen molar-refractivity contribution in [2.45, 2.75) is 19.8 Å². The van der Waals surface area contributed by atoms with Crippen molar-refractivity contribution >= 4 is 50.6 Å². The number of halogens is 2. The van der Waals surface area contributed by atoms with Crippen molar-refractivity contribution in [1.29, 1.82) is 0 Å². The molecule has 0 aliphatic heterocycles. The fourth-order valence-corrected chi connectivity index (χ4v) is 3.33. The van der Waals surface area contributed by atoms with E-state index in [0.717, 1.165) is 16.5 Å². The third kappa shape index (κ3) is 2.41. The number of hydrogen-bond donors (Lipinski definition) is 1. The average Bonchev–Trinajstić information content (AvgIpc) is 2.68. The lowest BCUT2D eigenvalue weighted by molar-refractivity contribution is -0.136. The monoisotopic (exact) mass is 288 g/mol. The fourth-order valence-electron chi connectivity index (χ4n) is 1.69. The van der Waals surface area contributed by atoms with E-state index in [1.54, 1.807) is 11.3 Å². The minimum atomic E-state index is -0.909. The van der Waals surface area contributed by atoms with E-state index in [-0.39, 0.29) is 6.42 Å². The normalized spacial score (nSPS) is 11.0. The predicted molar refractivity (Wildman–Crippen MR) is 72.6 cm³/mol. The first-order valence-electron chi connectivity index (χ1n) is 5.14. The topological polar surface area (TPSA) is 37.3 Å². The van der Waals surface area contributed by atoms with E-state index >= 15 is 0 Å². The summed E-state index contributed by atoms with van der Waals surface area (Å²) in [5.74, 6) is -0.909. The summed E-state index contributed by atoms with van der Waals surface area (Å²) in [4.78, 5) is 11.9. The van der Waals surface area contributed by atoms with E-state index in [1.807, 2.05) is 12.1 Å². The molecule has 0 fully saturated rings. The molecule has 1 heterocycles. The van der Waals surface area contributed by atoms with Gasteiger partial charge in [0.1, 0.15) is 0 Å². The van der Waals surface area contributed by atoms with Gasteiger partial charge in [0, 0.05) is 4.88 Å². The Labute approximate surface area is 113 Å². The number of benzene rings is 1. The molecule has 5 heteroatoms. The van der Waals surface area contributed by atoms with Gasteiger partial charge in [-0.1, -0.05) is 30.1 Å². The van der Waals surface area contributed by atoms with Gasteiger partial charge in [0.05, 0.1) is 21.2 Å². The highest BCUT2D eigenvalue weighted by Crippen LogP contribution is 2.39. The molecule has 0 unspecified atom stereocenters. The van der Waals surface area contributed by atoms with Crippen LogP contribution < -0.4 is 0 Å². The van der Waals surface area contributed by atoms with Crippen LogP contribution in [0, 0.1) is 0 Å². The second-order valence-electron chi connectivity index (χ2n) is 3.72. The summed E-state index contributed by atoms with van der Waals surface area (Å²) in [6, 6.07) is 3.85. The van der Waals surface area contributed by atoms with Crippen molar-refractivity contribution in [3.05, 3.63) is 32.6 Å². The number of fused-ring (bicyclic) bond motifs is 1. The number of thiophene rings is 1. The highest BCUT2D eigenvalue weighted by molar-refractivity contribution is 7.19. The van der Waals surface area contributed by atoms with Gasteiger partial charge in [-0.2, -0.15) is 0 Å². The maximum absolute atomic E-state index is 10.7. The summed E-state index contributed by atoms with van der Waals surface area (Å²) < 4.78 is 0.933. The molecule has 0 radical (unpaired) electrons. The number of carboxylic acids is 1. The van der Waals surface area contributed by atoms with Gasteiger partial charge < -0.3 is 5.11 Å². The molecule has 0 amide bonds. The van der Waals surface area contributed by atoms with Crippen LogP contribution in [0.2, 0.25) is 10.0 Å². The molecule has 17 heavy (non-hydrogen) atoms. The number of carbonyl (C=O) groups is 1. The number of aliphatic carboxylic acids is 1. The fraction of sp³-hybridized carbons (Fsp3) is 0.250. The summed E-state index contributed by atoms with van der Waals surface area (Å²) >= 11 is 13.9. The van der Waals surface area contributed by atoms with Crippen LogP contribution in [0.25, 0.3) is 10.1 Å². The number of hydrogen-bond acceptors (Lipinski definition) is 2. The molecule has 1 aromatic heterocycles. The highest BCUT2D eigenvalue weighted by Gasteiger charge is 2.14. The Kier molecular flexibility index (Phi) is 3.61. The van der Waals surface area contributed by atoms with Crippen LogP contribution >= 0.6 is 34.5 Å². The zero-order valence-corrected chi connectivity index (χ0v) is 11.4. The van der Waals surface area contributed by atoms with Crippen LogP contribution in [0.1, 0.15) is 17.4 Å². The highest BCUT2D eigenvalue weighted by atomic mass is 35.5. The average molecular weight is 289 g/mol. The molecule has 2 rings (SSSR count). The van der Waals surface area contributed by atoms with Crippen molar-refractivity contribution < 1.29 is 9.90 Å². The van der Waals surface area contributed by atoms with Crippen molar-refractivity contribution in [1.82, 2.24) is 0 Å². The van der Waals surface area contributed by atoms with Crippen LogP contribution in [0.3, 0.4) is 0 Å². The van der Waals surface area contributed by atoms with Gasteiger partial charge >= 0.3 is 5.97 Å². The van der Waals surface area contributed by atoms with Crippen molar-refractivity contribution in [3.8, 4) is 0 Å². The van der Waals surface area contributed by atoms with E-state index in [1.165, 1.54) is 4.88 Å². The molecule has 0 atom stereocenters. The molecule has 2 aromatic rings. The lowest BCUT2D eigenvalue weighted by Gasteiger charge is -2.04. The maximum Gasteiger partial charge on any atom is 0.307 e. The molecule has 90 valence electrons. The Morgan fingerprint density at radius 3 is 2.65 bits per heavy atom. The molecule has 2 nitrogen and oxygen atoms in total. The molecule has 0 aliphatic carbocycles. The Morgan fingerprint density at radius 1 is 1.35 bits per heavy atom. The van der Waals surface area contributed by atoms with Gasteiger partial charge in [0.15, 0.2) is 0 Å². The molecule has 1 N–H and O–H groups in total. The Balaban J connectivity index is 2.63. The maximum atomic E-state index is 10.7. The molecular weight excluding hydrogens is 279 g/mol. The second kappa shape index (κ2) is 4.84. The van der Waals surface area contributed by atoms with Crippen LogP contribution in [-0.4, -0.2) is 11.1 Å². The SMILES string of the molecule is CCc1cc2cc(CC(=O)O)c(Cl)c(Cl)c2s1. The summed E-state index contributed by atoms with van der Waals surface area (Å²) in [6.45, 7) is 2.07. The first-order valence-corrected chi connectivity index (χ1v) is 6.71. The summed E-state index contributed by atoms with van der Waals surface area (Å²) in [7, 11) is 0. The van der Waals surface area contributed by atoms with Gasteiger partial charge in [0.25, 0.3) is 0 Å². The van der Waals surface area contributed by atoms with Gasteiger partial charge in [0.2, 0.25) is 0 Å². The van der Waals surface area contributed by atoms with E-state index < -0.39 is 5.97 Å². The first-order chi connectivity index (χ1) is 8.02.